The van der Waals surface area contributed by atoms with Crippen molar-refractivity contribution in [2.75, 3.05) is 27.1 Å². The van der Waals surface area contributed by atoms with Crippen molar-refractivity contribution in [2.45, 2.75) is 0 Å². The molecule has 0 aromatic heterocycles. The zero-order chi connectivity index (χ0) is 8.36. The topological polar surface area (TPSA) is 60.8 Å². The summed E-state index contributed by atoms with van der Waals surface area (Å²) >= 11 is 0. The number of nitrogens with one attached hydrogen (secondary N) is 3. The number of aliphatic imine (C=N–C) groups is 2. The molecule has 5 nitrogen and oxygen atoms in total. The van der Waals surface area contributed by atoms with Gasteiger partial charge in [0, 0.05) is 13.7 Å². The molecule has 0 atom stereocenters. The number of hydrogen-bond acceptors (Lipinski definition) is 4. The summed E-state index contributed by atoms with van der Waals surface area (Å²) in [5.74, 6) is 0. The maximum Gasteiger partial charge on any atom is 0.0886 e. The average molecular weight is 157 g/mol. The van der Waals surface area contributed by atoms with Gasteiger partial charge in [-0.2, -0.15) is 0 Å². The summed E-state index contributed by atoms with van der Waals surface area (Å²) in [5.41, 5.74) is 0. The van der Waals surface area contributed by atoms with Crippen LogP contribution in [0.25, 0.3) is 0 Å². The Hall–Kier alpha value is -0.940. The molecule has 0 aromatic rings. The van der Waals surface area contributed by atoms with E-state index in [4.69, 9.17) is 0 Å². The first kappa shape index (κ1) is 10.1. The minimum Gasteiger partial charge on any atom is -0.364 e. The van der Waals surface area contributed by atoms with Crippen LogP contribution in [0.15, 0.2) is 9.98 Å². The maximum atomic E-state index is 3.74. The lowest BCUT2D eigenvalue weighted by molar-refractivity contribution is 0.585. The van der Waals surface area contributed by atoms with E-state index in [2.05, 4.69) is 32.7 Å². The Balaban J connectivity index is 2.84. The van der Waals surface area contributed by atoms with Gasteiger partial charge in [0.2, 0.25) is 0 Å². The quantitative estimate of drug-likeness (QED) is 0.192. The summed E-state index contributed by atoms with van der Waals surface area (Å²) in [4.78, 5) is 7.37. The Morgan fingerprint density at radius 3 is 2.82 bits per heavy atom. The van der Waals surface area contributed by atoms with Gasteiger partial charge in [-0.25, -0.2) is 0 Å². The van der Waals surface area contributed by atoms with Gasteiger partial charge < -0.3 is 5.32 Å². The van der Waals surface area contributed by atoms with E-state index in [1.54, 1.807) is 13.4 Å². The molecule has 5 heteroatoms. The van der Waals surface area contributed by atoms with Crippen molar-refractivity contribution in [3.63, 3.8) is 0 Å². The zero-order valence-corrected chi connectivity index (χ0v) is 6.80. The van der Waals surface area contributed by atoms with Gasteiger partial charge >= 0.3 is 0 Å². The Kier molecular flexibility index (Phi) is 8.29. The monoisotopic (exact) mass is 157 g/mol. The molecule has 0 fully saturated rings. The fourth-order valence-electron chi connectivity index (χ4n) is 0.495. The predicted octanol–water partition coefficient (Wildman–Crippen LogP) is -1.01. The fourth-order valence-corrected chi connectivity index (χ4v) is 0.495. The van der Waals surface area contributed by atoms with Crippen LogP contribution in [0.3, 0.4) is 0 Å². The minimum absolute atomic E-state index is 0.578. The molecule has 0 unspecified atom stereocenters. The number of hydrogen-bond donors (Lipinski definition) is 3. The number of rotatable bonds is 7. The second-order valence-electron chi connectivity index (χ2n) is 1.83. The van der Waals surface area contributed by atoms with E-state index in [0.717, 1.165) is 0 Å². The molecule has 0 bridgehead atoms. The lowest BCUT2D eigenvalue weighted by Crippen LogP contribution is -2.35. The molecule has 0 radical (unpaired) electrons. The van der Waals surface area contributed by atoms with Crippen LogP contribution in [0.2, 0.25) is 0 Å². The lowest BCUT2D eigenvalue weighted by atomic mass is 10.9. The molecular formula is C6H15N5. The highest BCUT2D eigenvalue weighted by molar-refractivity contribution is 5.53. The summed E-state index contributed by atoms with van der Waals surface area (Å²) in [7, 11) is 1.72. The third-order valence-electron chi connectivity index (χ3n) is 0.921. The van der Waals surface area contributed by atoms with Crippen molar-refractivity contribution in [3.05, 3.63) is 0 Å². The Labute approximate surface area is 67.0 Å². The molecule has 0 rings (SSSR count). The first-order valence-corrected chi connectivity index (χ1v) is 3.39. The second kappa shape index (κ2) is 9.06. The fraction of sp³-hybridized carbons (Fsp3) is 0.667. The van der Waals surface area contributed by atoms with E-state index < -0.39 is 0 Å². The van der Waals surface area contributed by atoms with Crippen LogP contribution in [0.5, 0.6) is 0 Å². The van der Waals surface area contributed by atoms with Gasteiger partial charge in [-0.05, 0) is 6.72 Å². The van der Waals surface area contributed by atoms with Crippen molar-refractivity contribution in [3.8, 4) is 0 Å². The van der Waals surface area contributed by atoms with Gasteiger partial charge in [-0.3, -0.25) is 20.6 Å². The van der Waals surface area contributed by atoms with Crippen molar-refractivity contribution in [1.82, 2.24) is 16.0 Å². The zero-order valence-electron chi connectivity index (χ0n) is 6.80. The third-order valence-corrected chi connectivity index (χ3v) is 0.921. The maximum absolute atomic E-state index is 3.74. The molecule has 0 aliphatic heterocycles. The van der Waals surface area contributed by atoms with Crippen LogP contribution < -0.4 is 16.0 Å². The van der Waals surface area contributed by atoms with E-state index >= 15 is 0 Å². The average Bonchev–Trinajstić information content (AvgIpc) is 2.03. The highest BCUT2D eigenvalue weighted by Gasteiger charge is 1.80. The Bertz CT molecular complexity index is 112. The highest BCUT2D eigenvalue weighted by Crippen LogP contribution is 1.55. The molecule has 0 aliphatic rings. The molecule has 3 N–H and O–H groups in total. The van der Waals surface area contributed by atoms with Gasteiger partial charge in [0.1, 0.15) is 0 Å². The van der Waals surface area contributed by atoms with E-state index in [0.29, 0.717) is 20.0 Å². The van der Waals surface area contributed by atoms with Gasteiger partial charge in [0.15, 0.2) is 0 Å². The predicted molar refractivity (Wildman–Crippen MR) is 48.0 cm³/mol. The summed E-state index contributed by atoms with van der Waals surface area (Å²) in [6, 6.07) is 0. The molecular weight excluding hydrogens is 142 g/mol. The van der Waals surface area contributed by atoms with Crippen molar-refractivity contribution >= 4 is 13.1 Å². The second-order valence-corrected chi connectivity index (χ2v) is 1.83. The minimum atomic E-state index is 0.578. The van der Waals surface area contributed by atoms with Gasteiger partial charge in [-0.1, -0.05) is 0 Å². The Morgan fingerprint density at radius 1 is 1.36 bits per heavy atom. The van der Waals surface area contributed by atoms with Crippen molar-refractivity contribution in [1.29, 1.82) is 0 Å². The van der Waals surface area contributed by atoms with Gasteiger partial charge in [-0.15, -0.1) is 0 Å². The molecule has 0 spiro atoms. The van der Waals surface area contributed by atoms with E-state index in [1.807, 2.05) is 0 Å². The molecule has 0 aromatic carbocycles. The van der Waals surface area contributed by atoms with Crippen molar-refractivity contribution in [2.24, 2.45) is 9.98 Å². The van der Waals surface area contributed by atoms with Crippen LogP contribution >= 0.6 is 0 Å². The standard InChI is InChI=1S/C6H15N5/c1-7-3-9-5-11-6-10-4-8-2/h4,9,11H,1,3,5-6H2,2H3,(H,8,10). The number of nitrogens with zero attached hydrogens (tertiary/aromatic N) is 2. The largest absolute Gasteiger partial charge is 0.364 e. The van der Waals surface area contributed by atoms with Crippen LogP contribution in [-0.4, -0.2) is 40.1 Å². The molecule has 0 saturated heterocycles. The highest BCUT2D eigenvalue weighted by atomic mass is 15.2. The molecule has 0 saturated carbocycles. The molecule has 0 amide bonds. The SMILES string of the molecule is C=NCNCNCNC=NC. The van der Waals surface area contributed by atoms with E-state index in [-0.39, 0.29) is 0 Å². The Morgan fingerprint density at radius 2 is 2.18 bits per heavy atom. The van der Waals surface area contributed by atoms with Gasteiger partial charge in [0.05, 0.1) is 19.7 Å². The van der Waals surface area contributed by atoms with Crippen LogP contribution in [0.4, 0.5) is 0 Å². The first-order valence-electron chi connectivity index (χ1n) is 3.39. The summed E-state index contributed by atoms with van der Waals surface area (Å²) in [6.45, 7) is 5.32. The van der Waals surface area contributed by atoms with Crippen molar-refractivity contribution < 1.29 is 0 Å². The normalized spacial score (nSPS) is 10.3. The third kappa shape index (κ3) is 9.06. The summed E-state index contributed by atoms with van der Waals surface area (Å²) in [6.07, 6.45) is 1.64. The van der Waals surface area contributed by atoms with Crippen LogP contribution in [-0.2, 0) is 0 Å². The summed E-state index contributed by atoms with van der Waals surface area (Å²) in [5, 5.41) is 8.96. The smallest absolute Gasteiger partial charge is 0.0886 e. The molecule has 0 aliphatic carbocycles. The molecule has 0 heterocycles. The van der Waals surface area contributed by atoms with Crippen LogP contribution in [0.1, 0.15) is 0 Å². The summed E-state index contributed by atoms with van der Waals surface area (Å²) < 4.78 is 0. The van der Waals surface area contributed by atoms with Crippen LogP contribution in [0, 0.1) is 0 Å². The van der Waals surface area contributed by atoms with E-state index in [9.17, 15) is 0 Å². The lowest BCUT2D eigenvalue weighted by Gasteiger charge is -2.03. The molecule has 64 valence electrons. The van der Waals surface area contributed by atoms with Gasteiger partial charge in [0.25, 0.3) is 0 Å². The molecule has 11 heavy (non-hydrogen) atoms. The first-order chi connectivity index (χ1) is 5.41. The van der Waals surface area contributed by atoms with E-state index in [1.165, 1.54) is 0 Å².